The highest BCUT2D eigenvalue weighted by molar-refractivity contribution is 9.10. The van der Waals surface area contributed by atoms with E-state index in [9.17, 15) is 13.2 Å². The molecule has 1 fully saturated rings. The molecule has 3 N–H and O–H groups in total. The summed E-state index contributed by atoms with van der Waals surface area (Å²) in [6, 6.07) is 19.2. The second-order valence-electron chi connectivity index (χ2n) is 7.68. The van der Waals surface area contributed by atoms with Gasteiger partial charge in [0.25, 0.3) is 0 Å². The first-order chi connectivity index (χ1) is 15.8. The Labute approximate surface area is 201 Å². The number of hydrogen-bond donors (Lipinski definition) is 3. The Kier molecular flexibility index (Phi) is 6.80. The maximum atomic E-state index is 12.8. The molecule has 0 unspecified atom stereocenters. The van der Waals surface area contributed by atoms with E-state index in [-0.39, 0.29) is 9.79 Å². The van der Waals surface area contributed by atoms with E-state index >= 15 is 0 Å². The number of nitrogens with zero attached hydrogens (tertiary/aromatic N) is 1. The van der Waals surface area contributed by atoms with Crippen LogP contribution >= 0.6 is 15.9 Å². The standard InChI is InChI=1S/C24H23BrN4O3S/c25-18-6-10-21(11-7-18)33(31,32)22-12-8-19(9-13-22)27-24(30)28-20-5-3-4-17(16-20)23(26)29-14-1-2-15-29/h3-13,16,26H,1-2,14-15H2,(H2,27,28,30). The molecule has 0 spiro atoms. The third kappa shape index (κ3) is 5.43. The number of urea groups is 1. The van der Waals surface area contributed by atoms with E-state index in [0.717, 1.165) is 36.0 Å². The molecule has 3 aromatic rings. The maximum absolute atomic E-state index is 12.8. The third-order valence-electron chi connectivity index (χ3n) is 5.36. The Balaban J connectivity index is 1.40. The smallest absolute Gasteiger partial charge is 0.323 e. The predicted octanol–water partition coefficient (Wildman–Crippen LogP) is 5.35. The van der Waals surface area contributed by atoms with Gasteiger partial charge in [-0.2, -0.15) is 0 Å². The van der Waals surface area contributed by atoms with Crippen LogP contribution in [0.1, 0.15) is 18.4 Å². The molecule has 2 amide bonds. The summed E-state index contributed by atoms with van der Waals surface area (Å²) in [5.41, 5.74) is 1.78. The van der Waals surface area contributed by atoms with Gasteiger partial charge in [0.05, 0.1) is 9.79 Å². The van der Waals surface area contributed by atoms with E-state index in [4.69, 9.17) is 5.41 Å². The van der Waals surface area contributed by atoms with Gasteiger partial charge in [-0.25, -0.2) is 13.2 Å². The van der Waals surface area contributed by atoms with Crippen LogP contribution in [-0.2, 0) is 9.84 Å². The van der Waals surface area contributed by atoms with Crippen LogP contribution in [0.2, 0.25) is 0 Å². The Hall–Kier alpha value is -3.17. The van der Waals surface area contributed by atoms with Gasteiger partial charge in [-0.05, 0) is 73.5 Å². The lowest BCUT2D eigenvalue weighted by Crippen LogP contribution is -2.27. The van der Waals surface area contributed by atoms with Crippen molar-refractivity contribution in [2.45, 2.75) is 22.6 Å². The highest BCUT2D eigenvalue weighted by atomic mass is 79.9. The molecule has 1 heterocycles. The summed E-state index contributed by atoms with van der Waals surface area (Å²) < 4.78 is 26.3. The molecular formula is C24H23BrN4O3S. The number of anilines is 2. The number of nitrogens with one attached hydrogen (secondary N) is 3. The second-order valence-corrected chi connectivity index (χ2v) is 10.5. The second kappa shape index (κ2) is 9.76. The number of halogens is 1. The molecule has 0 saturated carbocycles. The van der Waals surface area contributed by atoms with E-state index in [0.29, 0.717) is 17.2 Å². The Bertz CT molecular complexity index is 1270. The number of hydrogen-bond acceptors (Lipinski definition) is 4. The molecule has 4 rings (SSSR count). The number of carbonyl (C=O) groups is 1. The first-order valence-electron chi connectivity index (χ1n) is 10.5. The van der Waals surface area contributed by atoms with Crippen molar-refractivity contribution in [2.24, 2.45) is 0 Å². The number of benzene rings is 3. The molecule has 0 atom stereocenters. The summed E-state index contributed by atoms with van der Waals surface area (Å²) in [5.74, 6) is 0.458. The predicted molar refractivity (Wildman–Crippen MR) is 133 cm³/mol. The zero-order chi connectivity index (χ0) is 23.4. The molecule has 0 aliphatic carbocycles. The fourth-order valence-corrected chi connectivity index (χ4v) is 5.15. The van der Waals surface area contributed by atoms with E-state index in [1.54, 1.807) is 42.5 Å². The van der Waals surface area contributed by atoms with Crippen molar-refractivity contribution in [3.05, 3.63) is 82.8 Å². The Morgan fingerprint density at radius 2 is 1.42 bits per heavy atom. The molecule has 7 nitrogen and oxygen atoms in total. The summed E-state index contributed by atoms with van der Waals surface area (Å²) in [7, 11) is -3.64. The minimum absolute atomic E-state index is 0.143. The van der Waals surface area contributed by atoms with E-state index in [1.165, 1.54) is 24.3 Å². The number of carbonyl (C=O) groups excluding carboxylic acids is 1. The topological polar surface area (TPSA) is 102 Å². The van der Waals surface area contributed by atoms with E-state index < -0.39 is 15.9 Å². The lowest BCUT2D eigenvalue weighted by molar-refractivity contribution is 0.262. The van der Waals surface area contributed by atoms with Crippen LogP contribution in [0, 0.1) is 5.41 Å². The first kappa shape index (κ1) is 23.0. The van der Waals surface area contributed by atoms with Crippen LogP contribution in [0.4, 0.5) is 16.2 Å². The summed E-state index contributed by atoms with van der Waals surface area (Å²) in [4.78, 5) is 14.8. The maximum Gasteiger partial charge on any atom is 0.323 e. The zero-order valence-electron chi connectivity index (χ0n) is 17.7. The van der Waals surface area contributed by atoms with Crippen molar-refractivity contribution >= 4 is 49.0 Å². The summed E-state index contributed by atoms with van der Waals surface area (Å²) in [5, 5.41) is 13.8. The van der Waals surface area contributed by atoms with Crippen LogP contribution in [0.15, 0.2) is 87.1 Å². The molecule has 3 aromatic carbocycles. The molecule has 1 aliphatic heterocycles. The lowest BCUT2D eigenvalue weighted by atomic mass is 10.1. The van der Waals surface area contributed by atoms with Crippen molar-refractivity contribution in [3.63, 3.8) is 0 Å². The van der Waals surface area contributed by atoms with Gasteiger partial charge in [-0.3, -0.25) is 5.41 Å². The van der Waals surface area contributed by atoms with Crippen molar-refractivity contribution in [2.75, 3.05) is 23.7 Å². The van der Waals surface area contributed by atoms with Crippen LogP contribution < -0.4 is 10.6 Å². The molecule has 9 heteroatoms. The minimum atomic E-state index is -3.64. The SMILES string of the molecule is N=C(c1cccc(NC(=O)Nc2ccc(S(=O)(=O)c3ccc(Br)cc3)cc2)c1)N1CCCC1. The van der Waals surface area contributed by atoms with Crippen molar-refractivity contribution in [1.82, 2.24) is 4.90 Å². The van der Waals surface area contributed by atoms with Gasteiger partial charge in [0.2, 0.25) is 9.84 Å². The average molecular weight is 527 g/mol. The quantitative estimate of drug-likeness (QED) is 0.308. The first-order valence-corrected chi connectivity index (χ1v) is 12.7. The molecule has 1 saturated heterocycles. The fourth-order valence-electron chi connectivity index (χ4n) is 3.63. The van der Waals surface area contributed by atoms with Gasteiger partial charge >= 0.3 is 6.03 Å². The third-order valence-corrected chi connectivity index (χ3v) is 7.68. The van der Waals surface area contributed by atoms with Crippen molar-refractivity contribution in [1.29, 1.82) is 5.41 Å². The molecule has 170 valence electrons. The van der Waals surface area contributed by atoms with Crippen molar-refractivity contribution < 1.29 is 13.2 Å². The van der Waals surface area contributed by atoms with Gasteiger partial charge in [0.1, 0.15) is 5.84 Å². The Morgan fingerprint density at radius 3 is 2.06 bits per heavy atom. The molecule has 0 bridgehead atoms. The summed E-state index contributed by atoms with van der Waals surface area (Å²) in [6.07, 6.45) is 2.18. The minimum Gasteiger partial charge on any atom is -0.357 e. The largest absolute Gasteiger partial charge is 0.357 e. The molecular weight excluding hydrogens is 504 g/mol. The fraction of sp³-hybridized carbons (Fsp3) is 0.167. The molecule has 1 aliphatic rings. The van der Waals surface area contributed by atoms with E-state index in [2.05, 4.69) is 26.6 Å². The van der Waals surface area contributed by atoms with Crippen LogP contribution in [0.5, 0.6) is 0 Å². The monoisotopic (exact) mass is 526 g/mol. The number of rotatable bonds is 5. The number of sulfone groups is 1. The van der Waals surface area contributed by atoms with Gasteiger partial charge in [-0.1, -0.05) is 28.1 Å². The van der Waals surface area contributed by atoms with E-state index in [1.807, 2.05) is 11.0 Å². The lowest BCUT2D eigenvalue weighted by Gasteiger charge is -2.19. The van der Waals surface area contributed by atoms with Gasteiger partial charge in [0, 0.05) is 34.5 Å². The number of likely N-dealkylation sites (tertiary alicyclic amines) is 1. The van der Waals surface area contributed by atoms with Gasteiger partial charge in [0.15, 0.2) is 0 Å². The molecule has 0 radical (unpaired) electrons. The molecule has 33 heavy (non-hydrogen) atoms. The van der Waals surface area contributed by atoms with Crippen LogP contribution in [0.25, 0.3) is 0 Å². The number of amidine groups is 1. The normalized spacial score (nSPS) is 13.5. The Morgan fingerprint density at radius 1 is 0.848 bits per heavy atom. The molecule has 0 aromatic heterocycles. The summed E-state index contributed by atoms with van der Waals surface area (Å²) in [6.45, 7) is 1.76. The average Bonchev–Trinajstić information content (AvgIpc) is 3.34. The number of amides is 2. The highest BCUT2D eigenvalue weighted by Gasteiger charge is 2.18. The van der Waals surface area contributed by atoms with Gasteiger partial charge < -0.3 is 15.5 Å². The van der Waals surface area contributed by atoms with Crippen LogP contribution in [-0.4, -0.2) is 38.3 Å². The highest BCUT2D eigenvalue weighted by Crippen LogP contribution is 2.24. The van der Waals surface area contributed by atoms with Crippen molar-refractivity contribution in [3.8, 4) is 0 Å². The van der Waals surface area contributed by atoms with Crippen LogP contribution in [0.3, 0.4) is 0 Å². The zero-order valence-corrected chi connectivity index (χ0v) is 20.1. The summed E-state index contributed by atoms with van der Waals surface area (Å²) >= 11 is 3.30. The van der Waals surface area contributed by atoms with Gasteiger partial charge in [-0.15, -0.1) is 0 Å².